The van der Waals surface area contributed by atoms with Crippen molar-refractivity contribution in [1.82, 2.24) is 9.46 Å². The van der Waals surface area contributed by atoms with Gasteiger partial charge < -0.3 is 4.52 Å². The van der Waals surface area contributed by atoms with Crippen LogP contribution in [0.4, 0.5) is 0 Å². The van der Waals surface area contributed by atoms with Gasteiger partial charge in [0.15, 0.2) is 5.76 Å². The molecule has 1 aliphatic rings. The first-order valence-electron chi connectivity index (χ1n) is 7.03. The largest absolute Gasteiger partial charge is 0.355 e. The van der Waals surface area contributed by atoms with Gasteiger partial charge in [-0.3, -0.25) is 0 Å². The molecule has 1 fully saturated rings. The molecule has 114 valence electrons. The number of nitrogens with zero attached hydrogens (tertiary/aromatic N) is 2. The van der Waals surface area contributed by atoms with Crippen molar-refractivity contribution < 1.29 is 12.9 Å². The highest BCUT2D eigenvalue weighted by Gasteiger charge is 2.31. The molecule has 2 aromatic heterocycles. The van der Waals surface area contributed by atoms with Crippen molar-refractivity contribution in [1.29, 1.82) is 0 Å². The van der Waals surface area contributed by atoms with E-state index in [9.17, 15) is 8.42 Å². The third kappa shape index (κ3) is 3.20. The van der Waals surface area contributed by atoms with Crippen LogP contribution in [0, 0.1) is 0 Å². The average Bonchev–Trinajstić information content (AvgIpc) is 3.04. The molecule has 1 atom stereocenters. The quantitative estimate of drug-likeness (QED) is 0.868. The summed E-state index contributed by atoms with van der Waals surface area (Å²) in [6.45, 7) is 0.560. The van der Waals surface area contributed by atoms with Crippen LogP contribution in [0.25, 0.3) is 10.6 Å². The highest BCUT2D eigenvalue weighted by molar-refractivity contribution is 7.88. The molecule has 0 aromatic carbocycles. The minimum Gasteiger partial charge on any atom is -0.355 e. The SMILES string of the molecule is CS(=O)(=O)N1CCCCCC1c1cc(-c2cccs2)on1. The Kier molecular flexibility index (Phi) is 4.14. The fraction of sp³-hybridized carbons (Fsp3) is 0.500. The minimum atomic E-state index is -3.24. The van der Waals surface area contributed by atoms with Gasteiger partial charge in [0, 0.05) is 12.6 Å². The zero-order valence-corrected chi connectivity index (χ0v) is 13.5. The van der Waals surface area contributed by atoms with Crippen molar-refractivity contribution in [3.05, 3.63) is 29.3 Å². The molecule has 21 heavy (non-hydrogen) atoms. The molecule has 0 bridgehead atoms. The predicted molar refractivity (Wildman–Crippen MR) is 82.6 cm³/mol. The Balaban J connectivity index is 1.93. The molecule has 0 saturated carbocycles. The van der Waals surface area contributed by atoms with E-state index in [1.54, 1.807) is 15.6 Å². The van der Waals surface area contributed by atoms with Gasteiger partial charge in [-0.15, -0.1) is 11.3 Å². The number of aromatic nitrogens is 1. The smallest absolute Gasteiger partial charge is 0.211 e. The molecule has 2 aromatic rings. The van der Waals surface area contributed by atoms with Crippen molar-refractivity contribution in [3.8, 4) is 10.6 Å². The minimum absolute atomic E-state index is 0.208. The Morgan fingerprint density at radius 1 is 1.38 bits per heavy atom. The molecule has 0 amide bonds. The lowest BCUT2D eigenvalue weighted by molar-refractivity contribution is 0.310. The second-order valence-electron chi connectivity index (χ2n) is 5.33. The third-order valence-electron chi connectivity index (χ3n) is 3.76. The van der Waals surface area contributed by atoms with Crippen molar-refractivity contribution in [2.45, 2.75) is 31.7 Å². The van der Waals surface area contributed by atoms with Crippen LogP contribution in [-0.2, 0) is 10.0 Å². The molecule has 0 spiro atoms. The van der Waals surface area contributed by atoms with E-state index in [-0.39, 0.29) is 6.04 Å². The Hall–Kier alpha value is -1.18. The molecule has 0 radical (unpaired) electrons. The summed E-state index contributed by atoms with van der Waals surface area (Å²) in [4.78, 5) is 1.01. The molecular formula is C14H18N2O3S2. The van der Waals surface area contributed by atoms with E-state index in [1.807, 2.05) is 23.6 Å². The predicted octanol–water partition coefficient (Wildman–Crippen LogP) is 3.28. The molecule has 0 N–H and O–H groups in total. The van der Waals surface area contributed by atoms with Gasteiger partial charge >= 0.3 is 0 Å². The molecule has 1 saturated heterocycles. The van der Waals surface area contributed by atoms with Gasteiger partial charge in [-0.1, -0.05) is 24.1 Å². The zero-order valence-electron chi connectivity index (χ0n) is 11.9. The molecule has 0 aliphatic carbocycles. The molecular weight excluding hydrogens is 308 g/mol. The van der Waals surface area contributed by atoms with Gasteiger partial charge in [-0.25, -0.2) is 8.42 Å². The van der Waals surface area contributed by atoms with Gasteiger partial charge in [0.1, 0.15) is 5.69 Å². The summed E-state index contributed by atoms with van der Waals surface area (Å²) < 4.78 is 31.0. The number of hydrogen-bond acceptors (Lipinski definition) is 5. The summed E-state index contributed by atoms with van der Waals surface area (Å²) in [6, 6.07) is 5.59. The van der Waals surface area contributed by atoms with E-state index in [4.69, 9.17) is 4.52 Å². The molecule has 7 heteroatoms. The van der Waals surface area contributed by atoms with Crippen LogP contribution in [-0.4, -0.2) is 30.7 Å². The van der Waals surface area contributed by atoms with Gasteiger partial charge in [-0.05, 0) is 24.3 Å². The fourth-order valence-corrected chi connectivity index (χ4v) is 4.56. The van der Waals surface area contributed by atoms with Gasteiger partial charge in [0.2, 0.25) is 10.0 Å². The summed E-state index contributed by atoms with van der Waals surface area (Å²) in [6.07, 6.45) is 5.03. The molecule has 1 unspecified atom stereocenters. The maximum absolute atomic E-state index is 12.0. The maximum atomic E-state index is 12.0. The monoisotopic (exact) mass is 326 g/mol. The van der Waals surface area contributed by atoms with Crippen LogP contribution in [0.1, 0.15) is 37.4 Å². The summed E-state index contributed by atoms with van der Waals surface area (Å²) in [5.74, 6) is 0.706. The van der Waals surface area contributed by atoms with Crippen LogP contribution in [0.2, 0.25) is 0 Å². The fourth-order valence-electron chi connectivity index (χ4n) is 2.76. The Labute approximate surface area is 128 Å². The Morgan fingerprint density at radius 3 is 2.95 bits per heavy atom. The lowest BCUT2D eigenvalue weighted by Gasteiger charge is -2.25. The second kappa shape index (κ2) is 5.90. The van der Waals surface area contributed by atoms with E-state index >= 15 is 0 Å². The highest BCUT2D eigenvalue weighted by atomic mass is 32.2. The second-order valence-corrected chi connectivity index (χ2v) is 8.21. The third-order valence-corrected chi connectivity index (χ3v) is 5.94. The van der Waals surface area contributed by atoms with Crippen LogP contribution >= 0.6 is 11.3 Å². The van der Waals surface area contributed by atoms with E-state index in [0.29, 0.717) is 18.0 Å². The average molecular weight is 326 g/mol. The van der Waals surface area contributed by atoms with E-state index in [1.165, 1.54) is 6.26 Å². The van der Waals surface area contributed by atoms with Crippen LogP contribution < -0.4 is 0 Å². The van der Waals surface area contributed by atoms with Crippen molar-refractivity contribution in [3.63, 3.8) is 0 Å². The van der Waals surface area contributed by atoms with E-state index < -0.39 is 10.0 Å². The molecule has 3 heterocycles. The molecule has 5 nitrogen and oxygen atoms in total. The topological polar surface area (TPSA) is 63.4 Å². The summed E-state index contributed by atoms with van der Waals surface area (Å²) in [5.41, 5.74) is 0.714. The zero-order chi connectivity index (χ0) is 14.9. The Bertz CT molecular complexity index is 692. The number of thiophene rings is 1. The molecule has 3 rings (SSSR count). The number of sulfonamides is 1. The number of rotatable bonds is 3. The standard InChI is InChI=1S/C14H18N2O3S2/c1-21(17,18)16-8-4-2-3-6-12(16)11-10-13(19-15-11)14-7-5-9-20-14/h5,7,9-10,12H,2-4,6,8H2,1H3. The van der Waals surface area contributed by atoms with Gasteiger partial charge in [0.25, 0.3) is 0 Å². The Morgan fingerprint density at radius 2 is 2.24 bits per heavy atom. The van der Waals surface area contributed by atoms with E-state index in [0.717, 1.165) is 30.6 Å². The maximum Gasteiger partial charge on any atom is 0.211 e. The number of hydrogen-bond donors (Lipinski definition) is 0. The molecule has 1 aliphatic heterocycles. The van der Waals surface area contributed by atoms with Crippen LogP contribution in [0.5, 0.6) is 0 Å². The van der Waals surface area contributed by atoms with E-state index in [2.05, 4.69) is 5.16 Å². The van der Waals surface area contributed by atoms with Crippen LogP contribution in [0.3, 0.4) is 0 Å². The first kappa shape index (κ1) is 14.7. The van der Waals surface area contributed by atoms with Crippen LogP contribution in [0.15, 0.2) is 28.1 Å². The van der Waals surface area contributed by atoms with Crippen molar-refractivity contribution in [2.24, 2.45) is 0 Å². The highest BCUT2D eigenvalue weighted by Crippen LogP contribution is 2.34. The van der Waals surface area contributed by atoms with Gasteiger partial charge in [0.05, 0.1) is 17.2 Å². The van der Waals surface area contributed by atoms with Gasteiger partial charge in [-0.2, -0.15) is 4.31 Å². The summed E-state index contributed by atoms with van der Waals surface area (Å²) >= 11 is 1.58. The lowest BCUT2D eigenvalue weighted by atomic mass is 10.1. The summed E-state index contributed by atoms with van der Waals surface area (Å²) in [5, 5.41) is 6.10. The van der Waals surface area contributed by atoms with Crippen molar-refractivity contribution >= 4 is 21.4 Å². The first-order valence-corrected chi connectivity index (χ1v) is 9.76. The van der Waals surface area contributed by atoms with Crippen molar-refractivity contribution in [2.75, 3.05) is 12.8 Å². The summed E-state index contributed by atoms with van der Waals surface area (Å²) in [7, 11) is -3.24. The normalized spacial score (nSPS) is 21.3. The first-order chi connectivity index (χ1) is 10.1. The lowest BCUT2D eigenvalue weighted by Crippen LogP contribution is -2.34.